The van der Waals surface area contributed by atoms with Crippen LogP contribution in [0.15, 0.2) is 48.5 Å². The van der Waals surface area contributed by atoms with Crippen LogP contribution in [0.3, 0.4) is 0 Å². The van der Waals surface area contributed by atoms with Gasteiger partial charge in [-0.15, -0.1) is 0 Å². The molecule has 0 saturated heterocycles. The van der Waals surface area contributed by atoms with E-state index in [2.05, 4.69) is 0 Å². The summed E-state index contributed by atoms with van der Waals surface area (Å²) in [4.78, 5) is 11.5. The lowest BCUT2D eigenvalue weighted by Gasteiger charge is -2.06. The quantitative estimate of drug-likeness (QED) is 0.680. The Bertz CT molecular complexity index is 640. The number of hydrogen-bond donors (Lipinski definition) is 1. The van der Waals surface area contributed by atoms with E-state index >= 15 is 0 Å². The number of benzene rings is 2. The van der Waals surface area contributed by atoms with Crippen LogP contribution in [0.25, 0.3) is 11.6 Å². The van der Waals surface area contributed by atoms with Crippen LogP contribution in [-0.2, 0) is 4.79 Å². The lowest BCUT2D eigenvalue weighted by Crippen LogP contribution is -2.00. The molecule has 2 aromatic carbocycles. The van der Waals surface area contributed by atoms with Crippen LogP contribution in [-0.4, -0.2) is 18.2 Å². The molecule has 0 spiro atoms. The highest BCUT2D eigenvalue weighted by Crippen LogP contribution is 2.22. The zero-order valence-corrected chi connectivity index (χ0v) is 11.5. The Labute approximate surface area is 118 Å². The summed E-state index contributed by atoms with van der Waals surface area (Å²) in [6.07, 6.45) is 1.66. The van der Waals surface area contributed by atoms with Crippen molar-refractivity contribution in [1.29, 1.82) is 0 Å². The fraction of sp³-hybridized carbons (Fsp3) is 0.118. The SMILES string of the molecule is COc1cccc(/C(=C\c2ccc(C)cc2)C(=O)O)c1. The van der Waals surface area contributed by atoms with Gasteiger partial charge in [0.1, 0.15) is 5.75 Å². The number of hydrogen-bond acceptors (Lipinski definition) is 2. The molecule has 102 valence electrons. The van der Waals surface area contributed by atoms with Gasteiger partial charge in [0.15, 0.2) is 0 Å². The van der Waals surface area contributed by atoms with Crippen molar-refractivity contribution in [3.05, 3.63) is 65.2 Å². The monoisotopic (exact) mass is 268 g/mol. The number of rotatable bonds is 4. The van der Waals surface area contributed by atoms with E-state index < -0.39 is 5.97 Å². The molecule has 0 amide bonds. The van der Waals surface area contributed by atoms with Gasteiger partial charge in [0.25, 0.3) is 0 Å². The third kappa shape index (κ3) is 3.26. The standard InChI is InChI=1S/C17H16O3/c1-12-6-8-13(9-7-12)10-16(17(18)19)14-4-3-5-15(11-14)20-2/h3-11H,1-2H3,(H,18,19)/b16-10+. The van der Waals surface area contributed by atoms with Crippen molar-refractivity contribution in [3.63, 3.8) is 0 Å². The molecular formula is C17H16O3. The second kappa shape index (κ2) is 6.06. The van der Waals surface area contributed by atoms with Crippen LogP contribution in [0.4, 0.5) is 0 Å². The zero-order chi connectivity index (χ0) is 14.5. The lowest BCUT2D eigenvalue weighted by molar-refractivity contribution is -0.130. The second-order valence-corrected chi connectivity index (χ2v) is 4.51. The van der Waals surface area contributed by atoms with Crippen molar-refractivity contribution < 1.29 is 14.6 Å². The average molecular weight is 268 g/mol. The number of carboxylic acids is 1. The molecule has 0 aliphatic rings. The predicted octanol–water partition coefficient (Wildman–Crippen LogP) is 3.63. The fourth-order valence-corrected chi connectivity index (χ4v) is 1.89. The van der Waals surface area contributed by atoms with E-state index in [4.69, 9.17) is 4.74 Å². The van der Waals surface area contributed by atoms with Crippen molar-refractivity contribution in [2.24, 2.45) is 0 Å². The van der Waals surface area contributed by atoms with E-state index in [0.717, 1.165) is 11.1 Å². The van der Waals surface area contributed by atoms with Crippen LogP contribution < -0.4 is 4.74 Å². The topological polar surface area (TPSA) is 46.5 Å². The largest absolute Gasteiger partial charge is 0.497 e. The molecule has 0 fully saturated rings. The minimum Gasteiger partial charge on any atom is -0.497 e. The molecule has 0 aromatic heterocycles. The second-order valence-electron chi connectivity index (χ2n) is 4.51. The summed E-state index contributed by atoms with van der Waals surface area (Å²) in [5.41, 5.74) is 2.86. The third-order valence-corrected chi connectivity index (χ3v) is 3.00. The number of carboxylic acid groups (broad SMARTS) is 1. The Morgan fingerprint density at radius 3 is 2.45 bits per heavy atom. The van der Waals surface area contributed by atoms with E-state index in [1.54, 1.807) is 37.5 Å². The molecular weight excluding hydrogens is 252 g/mol. The van der Waals surface area contributed by atoms with Gasteiger partial charge < -0.3 is 9.84 Å². The van der Waals surface area contributed by atoms with E-state index in [9.17, 15) is 9.90 Å². The van der Waals surface area contributed by atoms with Crippen molar-refractivity contribution >= 4 is 17.6 Å². The first kappa shape index (κ1) is 13.9. The van der Waals surface area contributed by atoms with E-state index in [1.165, 1.54) is 0 Å². The van der Waals surface area contributed by atoms with Gasteiger partial charge in [0, 0.05) is 0 Å². The van der Waals surface area contributed by atoms with Gasteiger partial charge in [-0.1, -0.05) is 42.0 Å². The predicted molar refractivity (Wildman–Crippen MR) is 79.7 cm³/mol. The summed E-state index contributed by atoms with van der Waals surface area (Å²) in [6.45, 7) is 1.99. The van der Waals surface area contributed by atoms with Crippen LogP contribution in [0.5, 0.6) is 5.75 Å². The molecule has 20 heavy (non-hydrogen) atoms. The lowest BCUT2D eigenvalue weighted by atomic mass is 10.0. The summed E-state index contributed by atoms with van der Waals surface area (Å²) < 4.78 is 5.13. The van der Waals surface area contributed by atoms with Gasteiger partial charge in [-0.25, -0.2) is 4.79 Å². The Hall–Kier alpha value is -2.55. The van der Waals surface area contributed by atoms with Crippen LogP contribution in [0, 0.1) is 6.92 Å². The number of aliphatic carboxylic acids is 1. The number of aryl methyl sites for hydroxylation is 1. The molecule has 2 rings (SSSR count). The smallest absolute Gasteiger partial charge is 0.336 e. The first-order valence-electron chi connectivity index (χ1n) is 6.26. The van der Waals surface area contributed by atoms with E-state index in [0.29, 0.717) is 11.3 Å². The van der Waals surface area contributed by atoms with Crippen LogP contribution in [0.1, 0.15) is 16.7 Å². The van der Waals surface area contributed by atoms with Gasteiger partial charge in [0.2, 0.25) is 0 Å². The molecule has 3 heteroatoms. The van der Waals surface area contributed by atoms with Crippen molar-refractivity contribution in [3.8, 4) is 5.75 Å². The van der Waals surface area contributed by atoms with Crippen molar-refractivity contribution in [1.82, 2.24) is 0 Å². The van der Waals surface area contributed by atoms with Gasteiger partial charge in [-0.2, -0.15) is 0 Å². The van der Waals surface area contributed by atoms with Crippen LogP contribution >= 0.6 is 0 Å². The first-order valence-corrected chi connectivity index (χ1v) is 6.26. The van der Waals surface area contributed by atoms with E-state index in [1.807, 2.05) is 31.2 Å². The maximum atomic E-state index is 11.5. The first-order chi connectivity index (χ1) is 9.60. The third-order valence-electron chi connectivity index (χ3n) is 3.00. The summed E-state index contributed by atoms with van der Waals surface area (Å²) in [5.74, 6) is -0.322. The maximum absolute atomic E-state index is 11.5. The number of carbonyl (C=O) groups is 1. The number of methoxy groups -OCH3 is 1. The molecule has 0 atom stereocenters. The highest BCUT2D eigenvalue weighted by atomic mass is 16.5. The Morgan fingerprint density at radius 2 is 1.85 bits per heavy atom. The normalized spacial score (nSPS) is 11.2. The van der Waals surface area contributed by atoms with Gasteiger partial charge in [-0.05, 0) is 36.3 Å². The molecule has 0 radical (unpaired) electrons. The molecule has 2 aromatic rings. The summed E-state index contributed by atoms with van der Waals surface area (Å²) in [5, 5.41) is 9.40. The summed E-state index contributed by atoms with van der Waals surface area (Å²) >= 11 is 0. The fourth-order valence-electron chi connectivity index (χ4n) is 1.89. The summed E-state index contributed by atoms with van der Waals surface area (Å²) in [7, 11) is 1.56. The van der Waals surface area contributed by atoms with Crippen molar-refractivity contribution in [2.75, 3.05) is 7.11 Å². The average Bonchev–Trinajstić information content (AvgIpc) is 2.46. The van der Waals surface area contributed by atoms with Crippen molar-refractivity contribution in [2.45, 2.75) is 6.92 Å². The van der Waals surface area contributed by atoms with E-state index in [-0.39, 0.29) is 5.57 Å². The molecule has 0 bridgehead atoms. The Balaban J connectivity index is 2.45. The Morgan fingerprint density at radius 1 is 1.15 bits per heavy atom. The van der Waals surface area contributed by atoms with Gasteiger partial charge >= 0.3 is 5.97 Å². The zero-order valence-electron chi connectivity index (χ0n) is 11.5. The minimum absolute atomic E-state index is 0.243. The highest BCUT2D eigenvalue weighted by molar-refractivity contribution is 6.20. The highest BCUT2D eigenvalue weighted by Gasteiger charge is 2.11. The molecule has 0 unspecified atom stereocenters. The molecule has 0 heterocycles. The molecule has 0 aliphatic heterocycles. The van der Waals surface area contributed by atoms with Gasteiger partial charge in [0.05, 0.1) is 12.7 Å². The summed E-state index contributed by atoms with van der Waals surface area (Å²) in [6, 6.07) is 14.8. The van der Waals surface area contributed by atoms with Crippen LogP contribution in [0.2, 0.25) is 0 Å². The molecule has 3 nitrogen and oxygen atoms in total. The maximum Gasteiger partial charge on any atom is 0.336 e. The molecule has 0 aliphatic carbocycles. The molecule has 0 saturated carbocycles. The number of ether oxygens (including phenoxy) is 1. The van der Waals surface area contributed by atoms with Gasteiger partial charge in [-0.3, -0.25) is 0 Å². The minimum atomic E-state index is -0.959. The molecule has 1 N–H and O–H groups in total. The Kier molecular flexibility index (Phi) is 4.20.